The molecule has 0 saturated carbocycles. The maximum atomic E-state index is 12.2. The Labute approximate surface area is 179 Å². The molecule has 7 nitrogen and oxygen atoms in total. The van der Waals surface area contributed by atoms with Gasteiger partial charge in [0.25, 0.3) is 0 Å². The van der Waals surface area contributed by atoms with E-state index in [1.807, 2.05) is 33.8 Å². The molecule has 1 aliphatic rings. The van der Waals surface area contributed by atoms with E-state index in [1.54, 1.807) is 39.0 Å². The normalized spacial score (nSPS) is 18.3. The third kappa shape index (κ3) is 5.86. The van der Waals surface area contributed by atoms with Crippen LogP contribution in [-0.2, 0) is 14.0 Å². The summed E-state index contributed by atoms with van der Waals surface area (Å²) in [6.07, 6.45) is 1.28. The summed E-state index contributed by atoms with van der Waals surface area (Å²) in [6, 6.07) is 5.12. The van der Waals surface area contributed by atoms with E-state index in [0.29, 0.717) is 22.3 Å². The van der Waals surface area contributed by atoms with Crippen LogP contribution in [-0.4, -0.2) is 42.3 Å². The van der Waals surface area contributed by atoms with E-state index in [-0.39, 0.29) is 12.3 Å². The Bertz CT molecular complexity index is 840. The van der Waals surface area contributed by atoms with Crippen molar-refractivity contribution in [2.75, 3.05) is 12.3 Å². The Kier molecular flexibility index (Phi) is 6.74. The minimum atomic E-state index is -0.670. The molecule has 2 rings (SSSR count). The van der Waals surface area contributed by atoms with Crippen LogP contribution in [0.1, 0.15) is 71.3 Å². The number of nitrogens with one attached hydrogen (secondary N) is 1. The van der Waals surface area contributed by atoms with Crippen LogP contribution in [0.2, 0.25) is 0 Å². The van der Waals surface area contributed by atoms with E-state index in [9.17, 15) is 9.59 Å². The number of nitrogen functional groups attached to an aromatic ring is 1. The van der Waals surface area contributed by atoms with E-state index in [4.69, 9.17) is 19.8 Å². The molecule has 1 saturated heterocycles. The highest BCUT2D eigenvalue weighted by Gasteiger charge is 2.52. The SMILES string of the molecule is CC(=O)c1ccc(C=C(CNC(=O)OC(C)(C)C)B2OC(C)(C)C(C)(C)O2)c(N)c1. The first-order valence-corrected chi connectivity index (χ1v) is 10.0. The van der Waals surface area contributed by atoms with Crippen LogP contribution in [0.25, 0.3) is 6.08 Å². The highest BCUT2D eigenvalue weighted by atomic mass is 16.7. The highest BCUT2D eigenvalue weighted by molar-refractivity contribution is 6.56. The summed E-state index contributed by atoms with van der Waals surface area (Å²) in [6.45, 7) is 14.9. The lowest BCUT2D eigenvalue weighted by Crippen LogP contribution is -2.41. The number of nitrogens with two attached hydrogens (primary N) is 1. The van der Waals surface area contributed by atoms with Crippen molar-refractivity contribution in [3.05, 3.63) is 34.8 Å². The largest absolute Gasteiger partial charge is 0.492 e. The van der Waals surface area contributed by atoms with E-state index >= 15 is 0 Å². The summed E-state index contributed by atoms with van der Waals surface area (Å²) < 4.78 is 17.6. The second kappa shape index (κ2) is 8.43. The molecule has 1 aromatic rings. The first-order chi connectivity index (χ1) is 13.6. The fourth-order valence-electron chi connectivity index (χ4n) is 2.81. The molecule has 0 unspecified atom stereocenters. The minimum Gasteiger partial charge on any atom is -0.444 e. The minimum absolute atomic E-state index is 0.0602. The Hall–Kier alpha value is -2.32. The number of carbonyl (C=O) groups excluding carboxylic acids is 2. The van der Waals surface area contributed by atoms with Gasteiger partial charge >= 0.3 is 13.2 Å². The van der Waals surface area contributed by atoms with Gasteiger partial charge in [-0.2, -0.15) is 0 Å². The second-order valence-electron chi connectivity index (χ2n) is 9.56. The summed E-state index contributed by atoms with van der Waals surface area (Å²) in [7, 11) is -0.670. The molecule has 8 heteroatoms. The van der Waals surface area contributed by atoms with Crippen molar-refractivity contribution in [1.29, 1.82) is 0 Å². The summed E-state index contributed by atoms with van der Waals surface area (Å²) in [5.74, 6) is -0.0602. The zero-order valence-corrected chi connectivity index (χ0v) is 19.2. The van der Waals surface area contributed by atoms with Gasteiger partial charge in [0.2, 0.25) is 0 Å². The van der Waals surface area contributed by atoms with Gasteiger partial charge in [-0.05, 0) is 72.5 Å². The van der Waals surface area contributed by atoms with Gasteiger partial charge in [-0.1, -0.05) is 18.2 Å². The average Bonchev–Trinajstić information content (AvgIpc) is 2.78. The zero-order chi connectivity index (χ0) is 22.9. The van der Waals surface area contributed by atoms with Crippen molar-refractivity contribution in [2.24, 2.45) is 0 Å². The molecular weight excluding hydrogens is 383 g/mol. The number of benzene rings is 1. The van der Waals surface area contributed by atoms with Gasteiger partial charge in [0.1, 0.15) is 5.60 Å². The maximum absolute atomic E-state index is 12.2. The number of rotatable bonds is 5. The molecule has 1 fully saturated rings. The highest BCUT2D eigenvalue weighted by Crippen LogP contribution is 2.39. The quantitative estimate of drug-likeness (QED) is 0.427. The van der Waals surface area contributed by atoms with Crippen LogP contribution in [0.5, 0.6) is 0 Å². The number of Topliss-reactive ketones (excluding diaryl/α,β-unsaturated/α-hetero) is 1. The van der Waals surface area contributed by atoms with Gasteiger partial charge in [-0.25, -0.2) is 4.79 Å². The molecule has 1 heterocycles. The van der Waals surface area contributed by atoms with Gasteiger partial charge in [-0.15, -0.1) is 0 Å². The van der Waals surface area contributed by atoms with Gasteiger partial charge in [-0.3, -0.25) is 4.79 Å². The number of carbonyl (C=O) groups is 2. The molecule has 0 bridgehead atoms. The first-order valence-electron chi connectivity index (χ1n) is 10.0. The number of hydrogen-bond acceptors (Lipinski definition) is 6. The van der Waals surface area contributed by atoms with Crippen molar-refractivity contribution in [1.82, 2.24) is 5.32 Å². The summed E-state index contributed by atoms with van der Waals surface area (Å²) >= 11 is 0. The lowest BCUT2D eigenvalue weighted by Gasteiger charge is -2.32. The Balaban J connectivity index is 2.33. The molecular formula is C22H33BN2O5. The molecule has 0 atom stereocenters. The van der Waals surface area contributed by atoms with Gasteiger partial charge in [0.05, 0.1) is 11.2 Å². The molecule has 1 aromatic carbocycles. The molecule has 3 N–H and O–H groups in total. The average molecular weight is 416 g/mol. The van der Waals surface area contributed by atoms with Crippen LogP contribution >= 0.6 is 0 Å². The third-order valence-corrected chi connectivity index (χ3v) is 5.23. The molecule has 164 valence electrons. The van der Waals surface area contributed by atoms with E-state index < -0.39 is 30.0 Å². The van der Waals surface area contributed by atoms with Crippen molar-refractivity contribution < 1.29 is 23.6 Å². The molecule has 1 aliphatic heterocycles. The lowest BCUT2D eigenvalue weighted by atomic mass is 9.76. The van der Waals surface area contributed by atoms with Crippen LogP contribution in [0.3, 0.4) is 0 Å². The predicted octanol–water partition coefficient (Wildman–Crippen LogP) is 4.01. The fraction of sp³-hybridized carbons (Fsp3) is 0.545. The molecule has 1 amide bonds. The molecule has 30 heavy (non-hydrogen) atoms. The number of anilines is 1. The first kappa shape index (κ1) is 24.0. The topological polar surface area (TPSA) is 99.9 Å². The van der Waals surface area contributed by atoms with E-state index in [1.165, 1.54) is 6.92 Å². The fourth-order valence-corrected chi connectivity index (χ4v) is 2.81. The Morgan fingerprint density at radius 3 is 2.20 bits per heavy atom. The predicted molar refractivity (Wildman–Crippen MR) is 119 cm³/mol. The van der Waals surface area contributed by atoms with Crippen molar-refractivity contribution >= 4 is 30.8 Å². The number of amides is 1. The van der Waals surface area contributed by atoms with Gasteiger partial charge in [0.15, 0.2) is 5.78 Å². The Morgan fingerprint density at radius 2 is 1.73 bits per heavy atom. The number of ketones is 1. The smallest absolute Gasteiger partial charge is 0.444 e. The van der Waals surface area contributed by atoms with Crippen LogP contribution in [0, 0.1) is 0 Å². The van der Waals surface area contributed by atoms with Gasteiger partial charge in [0, 0.05) is 17.8 Å². The standard InChI is InChI=1S/C22H33BN2O5/c1-14(26)15-9-10-16(18(24)12-15)11-17(13-25-19(27)28-20(2,3)4)23-29-21(5,6)22(7,8)30-23/h9-12H,13,24H2,1-8H3,(H,25,27). The monoisotopic (exact) mass is 416 g/mol. The molecule has 0 aromatic heterocycles. The second-order valence-corrected chi connectivity index (χ2v) is 9.56. The van der Waals surface area contributed by atoms with Gasteiger partial charge < -0.3 is 25.1 Å². The summed E-state index contributed by atoms with van der Waals surface area (Å²) in [4.78, 5) is 23.8. The van der Waals surface area contributed by atoms with Crippen LogP contribution < -0.4 is 11.1 Å². The number of alkyl carbamates (subject to hydrolysis) is 1. The van der Waals surface area contributed by atoms with Crippen LogP contribution in [0.4, 0.5) is 10.5 Å². The molecule has 0 radical (unpaired) electrons. The van der Waals surface area contributed by atoms with Crippen molar-refractivity contribution in [3.63, 3.8) is 0 Å². The summed E-state index contributed by atoms with van der Waals surface area (Å²) in [5, 5.41) is 2.76. The molecule has 0 spiro atoms. The maximum Gasteiger partial charge on any atom is 0.492 e. The number of ether oxygens (including phenoxy) is 1. The van der Waals surface area contributed by atoms with E-state index in [0.717, 1.165) is 0 Å². The van der Waals surface area contributed by atoms with E-state index in [2.05, 4.69) is 5.32 Å². The van der Waals surface area contributed by atoms with Crippen molar-refractivity contribution in [3.8, 4) is 0 Å². The van der Waals surface area contributed by atoms with Crippen LogP contribution in [0.15, 0.2) is 23.7 Å². The lowest BCUT2D eigenvalue weighted by molar-refractivity contribution is 0.00578. The van der Waals surface area contributed by atoms with Crippen molar-refractivity contribution in [2.45, 2.75) is 72.2 Å². The summed E-state index contributed by atoms with van der Waals surface area (Å²) in [5.41, 5.74) is 6.86. The molecule has 0 aliphatic carbocycles. The zero-order valence-electron chi connectivity index (χ0n) is 19.2. The third-order valence-electron chi connectivity index (χ3n) is 5.23. The number of hydrogen-bond donors (Lipinski definition) is 2. The Morgan fingerprint density at radius 1 is 1.17 bits per heavy atom.